The minimum atomic E-state index is -2.61. The Morgan fingerprint density at radius 1 is 1.21 bits per heavy atom. The average molecular weight is 281 g/mol. The molecule has 4 nitrogen and oxygen atoms in total. The lowest BCUT2D eigenvalue weighted by molar-refractivity contribution is 0.146. The molecule has 0 atom stereocenters. The molecule has 0 aliphatic rings. The van der Waals surface area contributed by atoms with Gasteiger partial charge in [0, 0.05) is 11.8 Å². The third-order valence-electron chi connectivity index (χ3n) is 2.72. The van der Waals surface area contributed by atoms with Gasteiger partial charge in [0.1, 0.15) is 17.2 Å². The second kappa shape index (κ2) is 4.55. The van der Waals surface area contributed by atoms with Gasteiger partial charge in [-0.2, -0.15) is 0 Å². The van der Waals surface area contributed by atoms with Crippen molar-refractivity contribution in [1.82, 2.24) is 19.6 Å². The number of hydrogen-bond donors (Lipinski definition) is 0. The number of aromatic nitrogens is 4. The monoisotopic (exact) mass is 280 g/mol. The summed E-state index contributed by atoms with van der Waals surface area (Å²) >= 11 is 5.99. The SMILES string of the molecule is FC(F)c1cc(-c2ccc(Cl)n3cnnc23)ccn1. The van der Waals surface area contributed by atoms with E-state index in [-0.39, 0.29) is 5.69 Å². The van der Waals surface area contributed by atoms with E-state index in [1.165, 1.54) is 18.6 Å². The first kappa shape index (κ1) is 12.0. The molecule has 0 fully saturated rings. The van der Waals surface area contributed by atoms with Crippen LogP contribution in [0.4, 0.5) is 8.78 Å². The molecule has 0 bridgehead atoms. The zero-order valence-electron chi connectivity index (χ0n) is 9.46. The number of fused-ring (bicyclic) bond motifs is 1. The molecule has 19 heavy (non-hydrogen) atoms. The first-order chi connectivity index (χ1) is 9.16. The molecular weight excluding hydrogens is 274 g/mol. The molecule has 0 aliphatic heterocycles. The molecule has 3 aromatic heterocycles. The van der Waals surface area contributed by atoms with Gasteiger partial charge < -0.3 is 0 Å². The Hall–Kier alpha value is -2.08. The minimum Gasteiger partial charge on any atom is -0.271 e. The van der Waals surface area contributed by atoms with E-state index in [0.29, 0.717) is 21.9 Å². The Morgan fingerprint density at radius 3 is 2.84 bits per heavy atom. The summed E-state index contributed by atoms with van der Waals surface area (Å²) in [5.74, 6) is 0. The van der Waals surface area contributed by atoms with Crippen LogP contribution in [0, 0.1) is 0 Å². The Labute approximate surface area is 111 Å². The summed E-state index contributed by atoms with van der Waals surface area (Å²) in [5, 5.41) is 8.17. The fraction of sp³-hybridized carbons (Fsp3) is 0.0833. The van der Waals surface area contributed by atoms with Crippen LogP contribution in [0.25, 0.3) is 16.8 Å². The molecule has 0 aromatic carbocycles. The summed E-state index contributed by atoms with van der Waals surface area (Å²) in [4.78, 5) is 3.63. The maximum absolute atomic E-state index is 12.7. The van der Waals surface area contributed by atoms with Gasteiger partial charge in [-0.25, -0.2) is 8.78 Å². The van der Waals surface area contributed by atoms with Crippen molar-refractivity contribution >= 4 is 17.2 Å². The van der Waals surface area contributed by atoms with Crippen molar-refractivity contribution in [3.05, 3.63) is 47.6 Å². The van der Waals surface area contributed by atoms with Crippen molar-refractivity contribution < 1.29 is 8.78 Å². The molecule has 3 rings (SSSR count). The van der Waals surface area contributed by atoms with Gasteiger partial charge in [-0.3, -0.25) is 9.38 Å². The molecular formula is C12H7ClF2N4. The third kappa shape index (κ3) is 2.04. The lowest BCUT2D eigenvalue weighted by Gasteiger charge is -2.06. The number of nitrogens with zero attached hydrogens (tertiary/aromatic N) is 4. The molecule has 3 heterocycles. The first-order valence-electron chi connectivity index (χ1n) is 5.39. The second-order valence-electron chi connectivity index (χ2n) is 3.86. The highest BCUT2D eigenvalue weighted by Gasteiger charge is 2.13. The summed E-state index contributed by atoms with van der Waals surface area (Å²) < 4.78 is 26.9. The van der Waals surface area contributed by atoms with E-state index in [1.807, 2.05) is 0 Å². The van der Waals surface area contributed by atoms with Gasteiger partial charge in [-0.15, -0.1) is 10.2 Å². The third-order valence-corrected chi connectivity index (χ3v) is 3.03. The highest BCUT2D eigenvalue weighted by atomic mass is 35.5. The summed E-state index contributed by atoms with van der Waals surface area (Å²) in [7, 11) is 0. The number of hydrogen-bond acceptors (Lipinski definition) is 3. The van der Waals surface area contributed by atoms with Gasteiger partial charge in [0.15, 0.2) is 5.65 Å². The van der Waals surface area contributed by atoms with Crippen molar-refractivity contribution in [1.29, 1.82) is 0 Å². The molecule has 3 aromatic rings. The number of pyridine rings is 2. The summed E-state index contributed by atoms with van der Waals surface area (Å²) in [6, 6.07) is 6.36. The van der Waals surface area contributed by atoms with Gasteiger partial charge >= 0.3 is 0 Å². The van der Waals surface area contributed by atoms with Gasteiger partial charge in [0.05, 0.1) is 0 Å². The van der Waals surface area contributed by atoms with Crippen molar-refractivity contribution in [3.8, 4) is 11.1 Å². The molecule has 0 amide bonds. The van der Waals surface area contributed by atoms with Crippen LogP contribution in [0.1, 0.15) is 12.1 Å². The Morgan fingerprint density at radius 2 is 2.05 bits per heavy atom. The smallest absolute Gasteiger partial charge is 0.271 e. The highest BCUT2D eigenvalue weighted by Crippen LogP contribution is 2.28. The predicted octanol–water partition coefficient (Wildman–Crippen LogP) is 3.38. The van der Waals surface area contributed by atoms with E-state index in [0.717, 1.165) is 0 Å². The van der Waals surface area contributed by atoms with Crippen LogP contribution >= 0.6 is 11.6 Å². The number of alkyl halides is 2. The van der Waals surface area contributed by atoms with E-state index >= 15 is 0 Å². The topological polar surface area (TPSA) is 43.1 Å². The van der Waals surface area contributed by atoms with Crippen LogP contribution in [-0.2, 0) is 0 Å². The zero-order chi connectivity index (χ0) is 13.4. The average Bonchev–Trinajstić information content (AvgIpc) is 2.89. The molecule has 0 aliphatic carbocycles. The van der Waals surface area contributed by atoms with Gasteiger partial charge in [0.2, 0.25) is 0 Å². The van der Waals surface area contributed by atoms with Crippen molar-refractivity contribution in [2.24, 2.45) is 0 Å². The fourth-order valence-corrected chi connectivity index (χ4v) is 2.03. The van der Waals surface area contributed by atoms with Crippen molar-refractivity contribution in [2.75, 3.05) is 0 Å². The summed E-state index contributed by atoms with van der Waals surface area (Å²) in [6.07, 6.45) is 0.204. The van der Waals surface area contributed by atoms with Crippen molar-refractivity contribution in [3.63, 3.8) is 0 Å². The summed E-state index contributed by atoms with van der Waals surface area (Å²) in [6.45, 7) is 0. The van der Waals surface area contributed by atoms with Crippen molar-refractivity contribution in [2.45, 2.75) is 6.43 Å². The molecule has 0 N–H and O–H groups in total. The molecule has 96 valence electrons. The minimum absolute atomic E-state index is 0.273. The molecule has 0 saturated heterocycles. The predicted molar refractivity (Wildman–Crippen MR) is 66.2 cm³/mol. The molecule has 0 spiro atoms. The normalized spacial score (nSPS) is 11.4. The van der Waals surface area contributed by atoms with Gasteiger partial charge in [-0.1, -0.05) is 11.6 Å². The lowest BCUT2D eigenvalue weighted by Crippen LogP contribution is -1.93. The Bertz CT molecular complexity index is 741. The molecule has 7 heteroatoms. The van der Waals surface area contributed by atoms with E-state index in [1.54, 1.807) is 22.6 Å². The van der Waals surface area contributed by atoms with Crippen LogP contribution in [0.2, 0.25) is 5.15 Å². The van der Waals surface area contributed by atoms with Gasteiger partial charge in [0.25, 0.3) is 6.43 Å². The van der Waals surface area contributed by atoms with Crippen LogP contribution in [0.5, 0.6) is 0 Å². The lowest BCUT2D eigenvalue weighted by atomic mass is 10.1. The van der Waals surface area contributed by atoms with Crippen LogP contribution in [0.3, 0.4) is 0 Å². The number of halogens is 3. The largest absolute Gasteiger partial charge is 0.280 e. The van der Waals surface area contributed by atoms with Crippen LogP contribution in [0.15, 0.2) is 36.8 Å². The Kier molecular flexibility index (Phi) is 2.87. The molecule has 0 unspecified atom stereocenters. The first-order valence-corrected chi connectivity index (χ1v) is 5.77. The zero-order valence-corrected chi connectivity index (χ0v) is 10.2. The van der Waals surface area contributed by atoms with Crippen LogP contribution < -0.4 is 0 Å². The Balaban J connectivity index is 2.22. The number of rotatable bonds is 2. The van der Waals surface area contributed by atoms with Crippen LogP contribution in [-0.4, -0.2) is 19.6 Å². The fourth-order valence-electron chi connectivity index (χ4n) is 1.84. The van der Waals surface area contributed by atoms with E-state index < -0.39 is 6.43 Å². The molecule has 0 radical (unpaired) electrons. The van der Waals surface area contributed by atoms with E-state index in [2.05, 4.69) is 15.2 Å². The second-order valence-corrected chi connectivity index (χ2v) is 4.25. The highest BCUT2D eigenvalue weighted by molar-refractivity contribution is 6.29. The van der Waals surface area contributed by atoms with Gasteiger partial charge in [-0.05, 0) is 29.8 Å². The van der Waals surface area contributed by atoms with E-state index in [4.69, 9.17) is 11.6 Å². The maximum atomic E-state index is 12.7. The maximum Gasteiger partial charge on any atom is 0.280 e. The standard InChI is InChI=1S/C12H7ClF2N4/c13-10-2-1-8(12-18-17-6-19(10)12)7-3-4-16-9(5-7)11(14)15/h1-6,11H. The quantitative estimate of drug-likeness (QED) is 0.676. The summed E-state index contributed by atoms with van der Waals surface area (Å²) in [5.41, 5.74) is 1.51. The van der Waals surface area contributed by atoms with E-state index in [9.17, 15) is 8.78 Å². The molecule has 0 saturated carbocycles.